The number of aliphatic hydroxyl groups is 1. The molecule has 1 unspecified atom stereocenters. The Morgan fingerprint density at radius 1 is 0.969 bits per heavy atom. The molecule has 1 aliphatic rings. The van der Waals surface area contributed by atoms with E-state index in [4.69, 9.17) is 9.47 Å². The van der Waals surface area contributed by atoms with Crippen LogP contribution in [0.1, 0.15) is 32.1 Å². The highest BCUT2D eigenvalue weighted by molar-refractivity contribution is 7.58. The number of nitrogens with one attached hydrogen (secondary N) is 1. The third-order valence-corrected chi connectivity index (χ3v) is 8.09. The van der Waals surface area contributed by atoms with E-state index in [-0.39, 0.29) is 24.4 Å². The van der Waals surface area contributed by atoms with E-state index in [0.717, 1.165) is 38.6 Å². The summed E-state index contributed by atoms with van der Waals surface area (Å²) < 4.78 is 23.8. The zero-order valence-electron chi connectivity index (χ0n) is 18.3. The standard InChI is InChI=1S/C24H34NO6P/c26-20-8-10-23(11-9-20)30-17-21(27)16-25-15-14-19-6-12-24(13-7-19)32(28,29)18-31-22-4-2-1-3-5-22/h1-5,8-11,19,21,24-27H,6-7,12-18H2,(H,28,29)/t19?,21-,24?/m0/s1. The van der Waals surface area contributed by atoms with Crippen LogP contribution in [-0.4, -0.2) is 52.9 Å². The van der Waals surface area contributed by atoms with E-state index in [9.17, 15) is 19.7 Å². The topological polar surface area (TPSA) is 108 Å². The van der Waals surface area contributed by atoms with Crippen LogP contribution in [0.4, 0.5) is 0 Å². The summed E-state index contributed by atoms with van der Waals surface area (Å²) in [6.07, 6.45) is 3.61. The Hall–Kier alpha value is -2.05. The van der Waals surface area contributed by atoms with Gasteiger partial charge in [-0.25, -0.2) is 0 Å². The second-order valence-electron chi connectivity index (χ2n) is 8.47. The average Bonchev–Trinajstić information content (AvgIpc) is 2.81. The first-order chi connectivity index (χ1) is 15.4. The Balaban J connectivity index is 1.27. The second kappa shape index (κ2) is 12.3. The Morgan fingerprint density at radius 3 is 2.31 bits per heavy atom. The fourth-order valence-corrected chi connectivity index (χ4v) is 5.64. The van der Waals surface area contributed by atoms with Crippen LogP contribution in [0, 0.1) is 5.92 Å². The third-order valence-electron chi connectivity index (χ3n) is 5.93. The molecule has 1 saturated carbocycles. The molecule has 1 aliphatic carbocycles. The monoisotopic (exact) mass is 463 g/mol. The number of hydrogen-bond donors (Lipinski definition) is 4. The van der Waals surface area contributed by atoms with E-state index in [1.807, 2.05) is 18.2 Å². The molecule has 0 radical (unpaired) electrons. The zero-order valence-corrected chi connectivity index (χ0v) is 19.2. The van der Waals surface area contributed by atoms with Crippen molar-refractivity contribution in [3.05, 3.63) is 54.6 Å². The van der Waals surface area contributed by atoms with Crippen molar-refractivity contribution in [2.45, 2.75) is 43.9 Å². The lowest BCUT2D eigenvalue weighted by Crippen LogP contribution is -2.33. The quantitative estimate of drug-likeness (QED) is 0.279. The number of aliphatic hydroxyl groups excluding tert-OH is 1. The third kappa shape index (κ3) is 8.14. The molecule has 8 heteroatoms. The summed E-state index contributed by atoms with van der Waals surface area (Å²) in [7, 11) is -3.34. The zero-order chi connectivity index (χ0) is 22.8. The summed E-state index contributed by atoms with van der Waals surface area (Å²) in [6.45, 7) is 1.41. The molecule has 176 valence electrons. The van der Waals surface area contributed by atoms with Crippen LogP contribution in [0.15, 0.2) is 54.6 Å². The first kappa shape index (κ1) is 24.6. The number of ether oxygens (including phenoxy) is 2. The van der Waals surface area contributed by atoms with E-state index in [2.05, 4.69) is 5.32 Å². The summed E-state index contributed by atoms with van der Waals surface area (Å²) in [6, 6.07) is 15.6. The highest BCUT2D eigenvalue weighted by Crippen LogP contribution is 2.52. The molecule has 3 rings (SSSR count). The summed E-state index contributed by atoms with van der Waals surface area (Å²) in [5.41, 5.74) is -0.186. The second-order valence-corrected chi connectivity index (χ2v) is 11.0. The van der Waals surface area contributed by atoms with Gasteiger partial charge in [0.2, 0.25) is 7.37 Å². The summed E-state index contributed by atoms with van der Waals surface area (Å²) >= 11 is 0. The molecule has 0 heterocycles. The van der Waals surface area contributed by atoms with E-state index < -0.39 is 13.5 Å². The molecule has 1 fully saturated rings. The maximum Gasteiger partial charge on any atom is 0.239 e. The van der Waals surface area contributed by atoms with Crippen LogP contribution in [0.5, 0.6) is 17.2 Å². The van der Waals surface area contributed by atoms with Crippen LogP contribution >= 0.6 is 7.37 Å². The van der Waals surface area contributed by atoms with Crippen LogP contribution in [0.3, 0.4) is 0 Å². The highest BCUT2D eigenvalue weighted by Gasteiger charge is 2.35. The molecule has 2 atom stereocenters. The molecule has 32 heavy (non-hydrogen) atoms. The van der Waals surface area contributed by atoms with Gasteiger partial charge in [-0.05, 0) is 81.0 Å². The van der Waals surface area contributed by atoms with Gasteiger partial charge in [-0.2, -0.15) is 0 Å². The molecule has 0 aliphatic heterocycles. The molecule has 2 aromatic carbocycles. The number of benzene rings is 2. The largest absolute Gasteiger partial charge is 0.508 e. The molecule has 0 amide bonds. The van der Waals surface area contributed by atoms with Crippen LogP contribution < -0.4 is 14.8 Å². The molecular weight excluding hydrogens is 429 g/mol. The van der Waals surface area contributed by atoms with Gasteiger partial charge in [-0.3, -0.25) is 4.57 Å². The van der Waals surface area contributed by atoms with Gasteiger partial charge >= 0.3 is 0 Å². The number of hydrogen-bond acceptors (Lipinski definition) is 6. The van der Waals surface area contributed by atoms with Gasteiger partial charge in [-0.15, -0.1) is 0 Å². The van der Waals surface area contributed by atoms with Gasteiger partial charge in [0.05, 0.1) is 0 Å². The van der Waals surface area contributed by atoms with E-state index in [1.165, 1.54) is 0 Å². The minimum absolute atomic E-state index is 0.127. The Bertz CT molecular complexity index is 839. The van der Waals surface area contributed by atoms with Gasteiger partial charge in [0.25, 0.3) is 0 Å². The lowest BCUT2D eigenvalue weighted by atomic mass is 9.86. The Morgan fingerprint density at radius 2 is 1.62 bits per heavy atom. The van der Waals surface area contributed by atoms with Crippen LogP contribution in [-0.2, 0) is 4.57 Å². The molecule has 0 saturated heterocycles. The number of phenols is 1. The fourth-order valence-electron chi connectivity index (χ4n) is 3.99. The van der Waals surface area contributed by atoms with Crippen molar-refractivity contribution >= 4 is 7.37 Å². The maximum atomic E-state index is 12.7. The van der Waals surface area contributed by atoms with Crippen molar-refractivity contribution in [2.24, 2.45) is 5.92 Å². The Labute approximate surface area is 189 Å². The van der Waals surface area contributed by atoms with Crippen LogP contribution in [0.25, 0.3) is 0 Å². The predicted molar refractivity (Wildman–Crippen MR) is 125 cm³/mol. The fraction of sp³-hybridized carbons (Fsp3) is 0.500. The van der Waals surface area contributed by atoms with E-state index >= 15 is 0 Å². The molecule has 0 aromatic heterocycles. The van der Waals surface area contributed by atoms with Crippen molar-refractivity contribution < 1.29 is 29.1 Å². The van der Waals surface area contributed by atoms with Gasteiger partial charge in [0.1, 0.15) is 30.0 Å². The van der Waals surface area contributed by atoms with Crippen molar-refractivity contribution in [3.63, 3.8) is 0 Å². The molecule has 7 nitrogen and oxygen atoms in total. The molecule has 0 spiro atoms. The lowest BCUT2D eigenvalue weighted by Gasteiger charge is -2.31. The number of phenolic OH excluding ortho intramolecular Hbond substituents is 1. The van der Waals surface area contributed by atoms with Crippen molar-refractivity contribution in [3.8, 4) is 17.2 Å². The molecular formula is C24H34NO6P. The number of para-hydroxylation sites is 1. The lowest BCUT2D eigenvalue weighted by molar-refractivity contribution is 0.106. The minimum atomic E-state index is -3.34. The number of aromatic hydroxyl groups is 1. The molecule has 2 aromatic rings. The van der Waals surface area contributed by atoms with E-state index in [1.54, 1.807) is 36.4 Å². The van der Waals surface area contributed by atoms with Gasteiger partial charge in [0, 0.05) is 12.2 Å². The number of rotatable bonds is 12. The smallest absolute Gasteiger partial charge is 0.239 e. The summed E-state index contributed by atoms with van der Waals surface area (Å²) in [5.74, 6) is 1.93. The van der Waals surface area contributed by atoms with Gasteiger partial charge in [-0.1, -0.05) is 18.2 Å². The minimum Gasteiger partial charge on any atom is -0.508 e. The van der Waals surface area contributed by atoms with Crippen molar-refractivity contribution in [1.82, 2.24) is 5.32 Å². The maximum absolute atomic E-state index is 12.7. The summed E-state index contributed by atoms with van der Waals surface area (Å²) in [5, 5.41) is 22.6. The van der Waals surface area contributed by atoms with E-state index in [0.29, 0.717) is 24.0 Å². The van der Waals surface area contributed by atoms with Crippen molar-refractivity contribution in [2.75, 3.05) is 26.0 Å². The molecule has 0 bridgehead atoms. The first-order valence-electron chi connectivity index (χ1n) is 11.2. The van der Waals surface area contributed by atoms with Crippen molar-refractivity contribution in [1.29, 1.82) is 0 Å². The normalized spacial score (nSPS) is 21.4. The predicted octanol–water partition coefficient (Wildman–Crippen LogP) is 3.98. The summed E-state index contributed by atoms with van der Waals surface area (Å²) in [4.78, 5) is 10.5. The SMILES string of the molecule is O=P(O)(COc1ccccc1)C1CCC(CCNC[C@H](O)COc2ccc(O)cc2)CC1. The van der Waals surface area contributed by atoms with Gasteiger partial charge in [0.15, 0.2) is 6.35 Å². The molecule has 4 N–H and O–H groups in total. The Kier molecular flexibility index (Phi) is 9.42. The average molecular weight is 464 g/mol. The first-order valence-corrected chi connectivity index (χ1v) is 13.1. The highest BCUT2D eigenvalue weighted by atomic mass is 31.2. The van der Waals surface area contributed by atoms with Crippen LogP contribution in [0.2, 0.25) is 0 Å². The van der Waals surface area contributed by atoms with Gasteiger partial charge < -0.3 is 29.9 Å².